The molecule has 2 aromatic heterocycles. The van der Waals surface area contributed by atoms with Crippen LogP contribution in [0.4, 0.5) is 0 Å². The Hall–Kier alpha value is -3.08. The number of carbonyl (C=O) groups excluding carboxylic acids is 1. The van der Waals surface area contributed by atoms with E-state index in [0.29, 0.717) is 48.9 Å². The summed E-state index contributed by atoms with van der Waals surface area (Å²) in [5.74, 6) is 2.26. The lowest BCUT2D eigenvalue weighted by Gasteiger charge is -2.30. The second kappa shape index (κ2) is 17.9. The predicted molar refractivity (Wildman–Crippen MR) is 225 cm³/mol. The zero-order valence-electron chi connectivity index (χ0n) is 35.0. The van der Waals surface area contributed by atoms with Crippen molar-refractivity contribution in [1.29, 1.82) is 0 Å². The van der Waals surface area contributed by atoms with Crippen LogP contribution >= 0.6 is 10.7 Å². The molecule has 5 heterocycles. The maximum atomic E-state index is 13.5. The highest BCUT2D eigenvalue weighted by atomic mass is 35.7. The summed E-state index contributed by atoms with van der Waals surface area (Å²) < 4.78 is 72.2. The van der Waals surface area contributed by atoms with E-state index in [4.69, 9.17) is 34.9 Å². The molecule has 0 saturated carbocycles. The van der Waals surface area contributed by atoms with Crippen molar-refractivity contribution in [3.05, 3.63) is 48.0 Å². The summed E-state index contributed by atoms with van der Waals surface area (Å²) in [4.78, 5) is 22.2. The number of halogens is 1. The topological polar surface area (TPSA) is 152 Å². The number of carbonyl (C=O) groups is 1. The van der Waals surface area contributed by atoms with E-state index in [0.717, 1.165) is 87.9 Å². The molecule has 0 spiro atoms. The molecule has 2 aromatic carbocycles. The van der Waals surface area contributed by atoms with Crippen molar-refractivity contribution in [1.82, 2.24) is 23.4 Å². The molecule has 0 N–H and O–H groups in total. The van der Waals surface area contributed by atoms with Crippen molar-refractivity contribution < 1.29 is 35.8 Å². The molecule has 1 atom stereocenters. The highest BCUT2D eigenvalue weighted by Gasteiger charge is 2.35. The van der Waals surface area contributed by atoms with Crippen LogP contribution in [0.15, 0.2) is 46.2 Å². The number of benzene rings is 2. The van der Waals surface area contributed by atoms with Gasteiger partial charge in [-0.15, -0.1) is 0 Å². The molecule has 0 unspecified atom stereocenters. The largest absolute Gasteiger partial charge is 0.466 e. The van der Waals surface area contributed by atoms with Crippen LogP contribution in [-0.2, 0) is 62.0 Å². The van der Waals surface area contributed by atoms with Crippen molar-refractivity contribution in [3.8, 4) is 0 Å². The van der Waals surface area contributed by atoms with Crippen LogP contribution in [0, 0.1) is 17.8 Å². The monoisotopic (exact) mass is 861 g/mol. The molecule has 3 saturated heterocycles. The van der Waals surface area contributed by atoms with Gasteiger partial charge in [0.25, 0.3) is 9.05 Å². The number of imidazole rings is 2. The minimum absolute atomic E-state index is 0.0906. The van der Waals surface area contributed by atoms with Gasteiger partial charge in [0.05, 0.1) is 44.4 Å². The maximum Gasteiger partial charge on any atom is 0.310 e. The number of hydrogen-bond donors (Lipinski definition) is 0. The molecule has 0 aliphatic carbocycles. The van der Waals surface area contributed by atoms with Crippen molar-refractivity contribution in [2.24, 2.45) is 17.8 Å². The van der Waals surface area contributed by atoms with Gasteiger partial charge in [-0.1, -0.05) is 41.5 Å². The number of esters is 1. The molecule has 7 rings (SSSR count). The summed E-state index contributed by atoms with van der Waals surface area (Å²) in [6.07, 6.45) is 5.40. The Balaban J connectivity index is 0.000000208. The fourth-order valence-electron chi connectivity index (χ4n) is 8.18. The van der Waals surface area contributed by atoms with Gasteiger partial charge in [-0.3, -0.25) is 4.79 Å². The molecule has 58 heavy (non-hydrogen) atoms. The number of rotatable bonds is 9. The second-order valence-corrected chi connectivity index (χ2v) is 22.4. The van der Waals surface area contributed by atoms with Crippen molar-refractivity contribution in [2.75, 3.05) is 46.1 Å². The van der Waals surface area contributed by atoms with E-state index in [1.54, 1.807) is 31.2 Å². The highest BCUT2D eigenvalue weighted by molar-refractivity contribution is 8.13. The minimum atomic E-state index is -3.75. The standard InChI is InChI=1S/C25H37N3O5S.C17H23ClN2O3S/c1-5-33-23(29)19-7-6-12-27(17-19)34(30,31)20-8-9-22-21(15-20)26-24(25(2,3)4)28(22)16-18-10-13-32-14-11-18;1-17(2,3)16-19-14-10-13(24(18,21)22)4-5-15(14)20(16)11-12-6-8-23-9-7-12/h8-9,15,18-19H,5-7,10-14,16-17H2,1-4H3;4-5,10,12H,6-9,11H2,1-3H3/t19-;/m0./s1. The van der Waals surface area contributed by atoms with Crippen molar-refractivity contribution in [2.45, 2.75) is 121 Å². The van der Waals surface area contributed by atoms with Crippen LogP contribution in [0.1, 0.15) is 98.6 Å². The third-order valence-corrected chi connectivity index (χ3v) is 14.5. The SMILES string of the molecule is CC(C)(C)c1nc2cc(S(=O)(=O)Cl)ccc2n1CC1CCOCC1.CCOC(=O)[C@H]1CCCN(S(=O)(=O)c2ccc3c(c2)nc(C(C)(C)C)n3CC2CCOCC2)C1. The Morgan fingerprint density at radius 2 is 1.22 bits per heavy atom. The molecule has 4 aromatic rings. The quantitative estimate of drug-likeness (QED) is 0.123. The number of fused-ring (bicyclic) bond motifs is 2. The molecule has 16 heteroatoms. The summed E-state index contributed by atoms with van der Waals surface area (Å²) in [7, 11) is -2.02. The fraction of sp³-hybridized carbons (Fsp3) is 0.643. The average Bonchev–Trinajstić information content (AvgIpc) is 3.74. The number of sulfonamides is 1. The van der Waals surface area contributed by atoms with E-state index in [2.05, 4.69) is 50.7 Å². The van der Waals surface area contributed by atoms with Gasteiger partial charge in [0, 0.05) is 74.1 Å². The molecular weight excluding hydrogens is 802 g/mol. The number of aromatic nitrogens is 4. The third kappa shape index (κ3) is 10.3. The zero-order chi connectivity index (χ0) is 42.0. The molecule has 3 aliphatic rings. The first-order valence-electron chi connectivity index (χ1n) is 20.6. The molecule has 3 fully saturated rings. The summed E-state index contributed by atoms with van der Waals surface area (Å²) in [5, 5.41) is 0. The van der Waals surface area contributed by atoms with Gasteiger partial charge in [0.15, 0.2) is 0 Å². The molecule has 0 radical (unpaired) electrons. The van der Waals surface area contributed by atoms with Crippen molar-refractivity contribution in [3.63, 3.8) is 0 Å². The smallest absolute Gasteiger partial charge is 0.310 e. The zero-order valence-corrected chi connectivity index (χ0v) is 37.4. The van der Waals surface area contributed by atoms with E-state index >= 15 is 0 Å². The Kier molecular flexibility index (Phi) is 13.7. The molecule has 320 valence electrons. The van der Waals surface area contributed by atoms with E-state index in [1.807, 2.05) is 12.1 Å². The third-order valence-electron chi connectivity index (χ3n) is 11.3. The summed E-state index contributed by atoms with van der Waals surface area (Å²) in [6.45, 7) is 20.3. The summed E-state index contributed by atoms with van der Waals surface area (Å²) in [5.41, 5.74) is 2.97. The molecule has 0 bridgehead atoms. The Bertz CT molecular complexity index is 2300. The lowest BCUT2D eigenvalue weighted by molar-refractivity contribution is -0.149. The van der Waals surface area contributed by atoms with Crippen LogP contribution in [0.25, 0.3) is 22.1 Å². The normalized spacial score (nSPS) is 19.6. The first-order valence-corrected chi connectivity index (χ1v) is 24.3. The van der Waals surface area contributed by atoms with Crippen LogP contribution in [0.2, 0.25) is 0 Å². The molecule has 3 aliphatic heterocycles. The highest BCUT2D eigenvalue weighted by Crippen LogP contribution is 2.33. The van der Waals surface area contributed by atoms with E-state index in [-0.39, 0.29) is 33.1 Å². The Morgan fingerprint density at radius 1 is 0.759 bits per heavy atom. The van der Waals surface area contributed by atoms with E-state index < -0.39 is 25.0 Å². The van der Waals surface area contributed by atoms with Crippen molar-refractivity contribution >= 4 is 57.8 Å². The lowest BCUT2D eigenvalue weighted by Crippen LogP contribution is -2.42. The lowest BCUT2D eigenvalue weighted by atomic mass is 9.94. The van der Waals surface area contributed by atoms with Crippen LogP contribution < -0.4 is 0 Å². The number of hydrogen-bond acceptors (Lipinski definition) is 10. The van der Waals surface area contributed by atoms with Gasteiger partial charge >= 0.3 is 5.97 Å². The van der Waals surface area contributed by atoms with Gasteiger partial charge in [-0.25, -0.2) is 26.8 Å². The first-order chi connectivity index (χ1) is 27.3. The predicted octanol–water partition coefficient (Wildman–Crippen LogP) is 7.41. The Morgan fingerprint density at radius 3 is 1.67 bits per heavy atom. The van der Waals surface area contributed by atoms with E-state index in [9.17, 15) is 21.6 Å². The minimum Gasteiger partial charge on any atom is -0.466 e. The molecule has 13 nitrogen and oxygen atoms in total. The Labute approximate surface area is 348 Å². The summed E-state index contributed by atoms with van der Waals surface area (Å²) >= 11 is 0. The van der Waals surface area contributed by atoms with Crippen LogP contribution in [0.5, 0.6) is 0 Å². The number of ether oxygens (including phenoxy) is 3. The second-order valence-electron chi connectivity index (χ2n) is 17.9. The average molecular weight is 863 g/mol. The molecule has 0 amide bonds. The van der Waals surface area contributed by atoms with Gasteiger partial charge in [-0.05, 0) is 93.7 Å². The number of nitrogens with zero attached hydrogens (tertiary/aromatic N) is 5. The van der Waals surface area contributed by atoms with Crippen LogP contribution in [0.3, 0.4) is 0 Å². The van der Waals surface area contributed by atoms with Gasteiger partial charge in [-0.2, -0.15) is 4.31 Å². The molecular formula is C42H60ClN5O8S2. The number of piperidine rings is 1. The van der Waals surface area contributed by atoms with Gasteiger partial charge in [0.1, 0.15) is 11.6 Å². The van der Waals surface area contributed by atoms with Gasteiger partial charge in [0.2, 0.25) is 10.0 Å². The fourth-order valence-corrected chi connectivity index (χ4v) is 10.5. The van der Waals surface area contributed by atoms with Crippen LogP contribution in [-0.4, -0.2) is 92.3 Å². The van der Waals surface area contributed by atoms with E-state index in [1.165, 1.54) is 4.31 Å². The van der Waals surface area contributed by atoms with Gasteiger partial charge < -0.3 is 23.3 Å². The summed E-state index contributed by atoms with van der Waals surface area (Å²) in [6, 6.07) is 10.2. The first kappa shape index (κ1) is 44.5. The maximum absolute atomic E-state index is 13.5.